The molecule has 1 amide bonds. The zero-order valence-corrected chi connectivity index (χ0v) is 17.3. The fraction of sp³-hybridized carbons (Fsp3) is 0.364. The molecule has 2 aromatic rings. The molecule has 0 aliphatic heterocycles. The number of hydrogen-bond donors (Lipinski definition) is 3. The monoisotopic (exact) mass is 398 g/mol. The number of nitrogens with one attached hydrogen (secondary N) is 2. The first-order valence-corrected chi connectivity index (χ1v) is 9.60. The van der Waals surface area contributed by atoms with Gasteiger partial charge in [0.2, 0.25) is 0 Å². The standard InChI is InChI=1S/C22H30N4O3/c1-16-4-5-18(14-20(16)28-3)11-13-26-22(24-2)25-12-10-17-6-8-19(9-7-17)29-15-21(23)27/h4-9,14H,10-13,15H2,1-3H3,(H2,23,27)(H2,24,25,26). The average Bonchev–Trinajstić information content (AvgIpc) is 2.73. The van der Waals surface area contributed by atoms with Crippen molar-refractivity contribution in [2.24, 2.45) is 10.7 Å². The van der Waals surface area contributed by atoms with Crippen molar-refractivity contribution < 1.29 is 14.3 Å². The summed E-state index contributed by atoms with van der Waals surface area (Å²) in [7, 11) is 3.45. The first kappa shape index (κ1) is 22.1. The van der Waals surface area contributed by atoms with E-state index in [1.165, 1.54) is 5.56 Å². The Bertz CT molecular complexity index is 819. The zero-order chi connectivity index (χ0) is 21.1. The number of benzene rings is 2. The maximum Gasteiger partial charge on any atom is 0.255 e. The lowest BCUT2D eigenvalue weighted by Crippen LogP contribution is -2.39. The quantitative estimate of drug-likeness (QED) is 0.419. The number of aryl methyl sites for hydroxylation is 1. The fourth-order valence-corrected chi connectivity index (χ4v) is 2.80. The Hall–Kier alpha value is -3.22. The molecule has 2 aromatic carbocycles. The minimum absolute atomic E-state index is 0.113. The highest BCUT2D eigenvalue weighted by Crippen LogP contribution is 2.19. The minimum atomic E-state index is -0.487. The molecule has 0 aliphatic rings. The Balaban J connectivity index is 1.71. The van der Waals surface area contributed by atoms with Crippen LogP contribution >= 0.6 is 0 Å². The van der Waals surface area contributed by atoms with Crippen LogP contribution in [0.4, 0.5) is 0 Å². The average molecular weight is 399 g/mol. The van der Waals surface area contributed by atoms with Crippen LogP contribution in [0.15, 0.2) is 47.5 Å². The fourth-order valence-electron chi connectivity index (χ4n) is 2.80. The number of hydrogen-bond acceptors (Lipinski definition) is 4. The number of carbonyl (C=O) groups is 1. The summed E-state index contributed by atoms with van der Waals surface area (Å²) >= 11 is 0. The summed E-state index contributed by atoms with van der Waals surface area (Å²) in [5.74, 6) is 1.82. The molecule has 4 N–H and O–H groups in total. The molecule has 0 aliphatic carbocycles. The van der Waals surface area contributed by atoms with E-state index in [1.807, 2.05) is 31.2 Å². The third kappa shape index (κ3) is 7.73. The van der Waals surface area contributed by atoms with E-state index < -0.39 is 5.91 Å². The number of nitrogens with two attached hydrogens (primary N) is 1. The van der Waals surface area contributed by atoms with Crippen molar-refractivity contribution in [2.45, 2.75) is 19.8 Å². The molecule has 7 nitrogen and oxygen atoms in total. The molecule has 0 radical (unpaired) electrons. The van der Waals surface area contributed by atoms with Crippen molar-refractivity contribution >= 4 is 11.9 Å². The Morgan fingerprint density at radius 3 is 2.24 bits per heavy atom. The highest BCUT2D eigenvalue weighted by atomic mass is 16.5. The van der Waals surface area contributed by atoms with Crippen molar-refractivity contribution in [3.63, 3.8) is 0 Å². The van der Waals surface area contributed by atoms with Crippen molar-refractivity contribution in [3.05, 3.63) is 59.2 Å². The smallest absolute Gasteiger partial charge is 0.255 e. The summed E-state index contributed by atoms with van der Waals surface area (Å²) in [6.45, 7) is 3.45. The molecule has 0 atom stereocenters. The molecular formula is C22H30N4O3. The summed E-state index contributed by atoms with van der Waals surface area (Å²) in [6.07, 6.45) is 1.72. The van der Waals surface area contributed by atoms with Crippen LogP contribution in [0.5, 0.6) is 11.5 Å². The summed E-state index contributed by atoms with van der Waals surface area (Å²) in [5, 5.41) is 6.64. The van der Waals surface area contributed by atoms with Gasteiger partial charge in [0.1, 0.15) is 11.5 Å². The summed E-state index contributed by atoms with van der Waals surface area (Å²) in [4.78, 5) is 15.0. The van der Waals surface area contributed by atoms with Gasteiger partial charge in [-0.1, -0.05) is 24.3 Å². The lowest BCUT2D eigenvalue weighted by atomic mass is 10.1. The van der Waals surface area contributed by atoms with Crippen LogP contribution in [0.25, 0.3) is 0 Å². The van der Waals surface area contributed by atoms with E-state index in [4.69, 9.17) is 15.2 Å². The molecule has 2 rings (SSSR count). The number of guanidine groups is 1. The summed E-state index contributed by atoms with van der Waals surface area (Å²) in [5.41, 5.74) is 8.58. The van der Waals surface area contributed by atoms with E-state index in [9.17, 15) is 4.79 Å². The number of primary amides is 1. The minimum Gasteiger partial charge on any atom is -0.496 e. The number of ether oxygens (including phenoxy) is 2. The number of amides is 1. The normalized spacial score (nSPS) is 11.1. The zero-order valence-electron chi connectivity index (χ0n) is 17.3. The van der Waals surface area contributed by atoms with E-state index >= 15 is 0 Å². The van der Waals surface area contributed by atoms with Gasteiger partial charge in [-0.2, -0.15) is 0 Å². The van der Waals surface area contributed by atoms with Gasteiger partial charge in [-0.25, -0.2) is 0 Å². The van der Waals surface area contributed by atoms with Crippen molar-refractivity contribution in [1.29, 1.82) is 0 Å². The van der Waals surface area contributed by atoms with Gasteiger partial charge in [0.25, 0.3) is 5.91 Å². The second-order valence-corrected chi connectivity index (χ2v) is 6.63. The Morgan fingerprint density at radius 2 is 1.66 bits per heavy atom. The van der Waals surface area contributed by atoms with Gasteiger partial charge in [-0.05, 0) is 54.7 Å². The topological polar surface area (TPSA) is 98.0 Å². The molecule has 0 spiro atoms. The van der Waals surface area contributed by atoms with Gasteiger partial charge in [0.15, 0.2) is 12.6 Å². The molecule has 29 heavy (non-hydrogen) atoms. The van der Waals surface area contributed by atoms with Gasteiger partial charge in [-0.15, -0.1) is 0 Å². The second kappa shape index (κ2) is 11.6. The Labute approximate surface area is 172 Å². The van der Waals surface area contributed by atoms with Crippen molar-refractivity contribution in [3.8, 4) is 11.5 Å². The van der Waals surface area contributed by atoms with Crippen LogP contribution in [-0.2, 0) is 17.6 Å². The highest BCUT2D eigenvalue weighted by Gasteiger charge is 2.03. The Kier molecular flexibility index (Phi) is 8.82. The SMILES string of the molecule is CN=C(NCCc1ccc(OCC(N)=O)cc1)NCCc1ccc(C)c(OC)c1. The summed E-state index contributed by atoms with van der Waals surface area (Å²) < 4.78 is 10.6. The molecule has 0 aromatic heterocycles. The van der Waals surface area contributed by atoms with Gasteiger partial charge in [0.05, 0.1) is 7.11 Å². The maximum absolute atomic E-state index is 10.7. The molecule has 156 valence electrons. The third-order valence-corrected chi connectivity index (χ3v) is 4.41. The van der Waals surface area contributed by atoms with E-state index in [0.717, 1.165) is 48.8 Å². The second-order valence-electron chi connectivity index (χ2n) is 6.63. The first-order valence-electron chi connectivity index (χ1n) is 9.60. The van der Waals surface area contributed by atoms with Crippen molar-refractivity contribution in [2.75, 3.05) is 33.9 Å². The van der Waals surface area contributed by atoms with E-state index in [1.54, 1.807) is 14.2 Å². The molecule has 7 heteroatoms. The molecular weight excluding hydrogens is 368 g/mol. The predicted octanol–water partition coefficient (Wildman–Crippen LogP) is 1.82. The van der Waals surface area contributed by atoms with Gasteiger partial charge < -0.3 is 25.8 Å². The van der Waals surface area contributed by atoms with Crippen LogP contribution in [0, 0.1) is 6.92 Å². The molecule has 0 fully saturated rings. The number of methoxy groups -OCH3 is 1. The lowest BCUT2D eigenvalue weighted by molar-refractivity contribution is -0.119. The van der Waals surface area contributed by atoms with Crippen LogP contribution in [0.3, 0.4) is 0 Å². The molecule has 0 saturated heterocycles. The van der Waals surface area contributed by atoms with Gasteiger partial charge in [-0.3, -0.25) is 9.79 Å². The molecule has 0 saturated carbocycles. The number of carbonyl (C=O) groups excluding carboxylic acids is 1. The first-order chi connectivity index (χ1) is 14.0. The van der Waals surface area contributed by atoms with Gasteiger partial charge >= 0.3 is 0 Å². The van der Waals surface area contributed by atoms with Crippen LogP contribution < -0.4 is 25.8 Å². The lowest BCUT2D eigenvalue weighted by Gasteiger charge is -2.13. The van der Waals surface area contributed by atoms with Crippen LogP contribution in [0.2, 0.25) is 0 Å². The van der Waals surface area contributed by atoms with E-state index in [0.29, 0.717) is 5.75 Å². The van der Waals surface area contributed by atoms with Crippen molar-refractivity contribution in [1.82, 2.24) is 10.6 Å². The largest absolute Gasteiger partial charge is 0.496 e. The van der Waals surface area contributed by atoms with E-state index in [2.05, 4.69) is 33.8 Å². The third-order valence-electron chi connectivity index (χ3n) is 4.41. The molecule has 0 bridgehead atoms. The highest BCUT2D eigenvalue weighted by molar-refractivity contribution is 5.79. The number of nitrogens with zero attached hydrogens (tertiary/aromatic N) is 1. The number of rotatable bonds is 10. The molecule has 0 unspecified atom stereocenters. The predicted molar refractivity (Wildman–Crippen MR) is 116 cm³/mol. The number of aliphatic imine (C=N–C) groups is 1. The Morgan fingerprint density at radius 1 is 1.03 bits per heavy atom. The van der Waals surface area contributed by atoms with Crippen LogP contribution in [-0.4, -0.2) is 45.7 Å². The molecule has 0 heterocycles. The van der Waals surface area contributed by atoms with E-state index in [-0.39, 0.29) is 6.61 Å². The maximum atomic E-state index is 10.7. The van der Waals surface area contributed by atoms with Crippen LogP contribution in [0.1, 0.15) is 16.7 Å². The summed E-state index contributed by atoms with van der Waals surface area (Å²) in [6, 6.07) is 13.9. The van der Waals surface area contributed by atoms with Gasteiger partial charge in [0, 0.05) is 20.1 Å².